The molecule has 2 aromatic rings. The summed E-state index contributed by atoms with van der Waals surface area (Å²) in [5, 5.41) is 15.8. The van der Waals surface area contributed by atoms with Crippen LogP contribution in [0.5, 0.6) is 0 Å². The second kappa shape index (κ2) is 5.67. The lowest BCUT2D eigenvalue weighted by Crippen LogP contribution is -2.40. The standard InChI is InChI=1S/C15H17N3O4/c1-9-2-3-13(22-9)11-8-12(17-16-11)14(19)18-6-4-10(5-7-18)15(20)21/h2-3,8,10H,4-7H2,1H3,(H,16,17)(H,20,21). The predicted octanol–water partition coefficient (Wildman–Crippen LogP) is 1.91. The van der Waals surface area contributed by atoms with E-state index >= 15 is 0 Å². The van der Waals surface area contributed by atoms with Gasteiger partial charge in [-0.15, -0.1) is 0 Å². The van der Waals surface area contributed by atoms with Gasteiger partial charge in [0, 0.05) is 19.2 Å². The van der Waals surface area contributed by atoms with Gasteiger partial charge in [-0.25, -0.2) is 0 Å². The first-order valence-corrected chi connectivity index (χ1v) is 7.19. The molecule has 0 unspecified atom stereocenters. The summed E-state index contributed by atoms with van der Waals surface area (Å²) in [7, 11) is 0. The lowest BCUT2D eigenvalue weighted by atomic mass is 9.97. The number of carbonyl (C=O) groups excluding carboxylic acids is 1. The van der Waals surface area contributed by atoms with Gasteiger partial charge >= 0.3 is 5.97 Å². The highest BCUT2D eigenvalue weighted by Crippen LogP contribution is 2.22. The molecule has 0 aromatic carbocycles. The highest BCUT2D eigenvalue weighted by atomic mass is 16.4. The van der Waals surface area contributed by atoms with E-state index in [4.69, 9.17) is 9.52 Å². The monoisotopic (exact) mass is 303 g/mol. The number of carbonyl (C=O) groups is 2. The normalized spacial score (nSPS) is 16.0. The van der Waals surface area contributed by atoms with Gasteiger partial charge in [-0.05, 0) is 31.9 Å². The van der Waals surface area contributed by atoms with E-state index in [-0.39, 0.29) is 11.8 Å². The SMILES string of the molecule is Cc1ccc(-c2cc(C(=O)N3CCC(C(=O)O)CC3)n[nH]2)o1. The number of furan rings is 1. The number of aliphatic carboxylic acids is 1. The first-order valence-electron chi connectivity index (χ1n) is 7.19. The number of amides is 1. The fourth-order valence-electron chi connectivity index (χ4n) is 2.63. The zero-order valence-electron chi connectivity index (χ0n) is 12.2. The molecule has 3 heterocycles. The zero-order valence-corrected chi connectivity index (χ0v) is 12.2. The number of carboxylic acid groups (broad SMARTS) is 1. The van der Waals surface area contributed by atoms with Crippen molar-refractivity contribution in [1.82, 2.24) is 15.1 Å². The minimum Gasteiger partial charge on any atom is -0.481 e. The summed E-state index contributed by atoms with van der Waals surface area (Å²) in [6.07, 6.45) is 0.964. The van der Waals surface area contributed by atoms with Crippen LogP contribution in [0, 0.1) is 12.8 Å². The van der Waals surface area contributed by atoms with E-state index in [0.29, 0.717) is 43.1 Å². The average molecular weight is 303 g/mol. The van der Waals surface area contributed by atoms with Crippen molar-refractivity contribution < 1.29 is 19.1 Å². The van der Waals surface area contributed by atoms with Crippen molar-refractivity contribution in [3.63, 3.8) is 0 Å². The molecule has 22 heavy (non-hydrogen) atoms. The van der Waals surface area contributed by atoms with Gasteiger partial charge in [0.1, 0.15) is 11.5 Å². The highest BCUT2D eigenvalue weighted by Gasteiger charge is 2.28. The molecule has 3 rings (SSSR count). The van der Waals surface area contributed by atoms with Crippen molar-refractivity contribution in [2.75, 3.05) is 13.1 Å². The molecule has 7 nitrogen and oxygen atoms in total. The van der Waals surface area contributed by atoms with Gasteiger partial charge in [-0.2, -0.15) is 5.10 Å². The number of aromatic amines is 1. The second-order valence-electron chi connectivity index (χ2n) is 5.48. The molecule has 0 spiro atoms. The third kappa shape index (κ3) is 2.74. The molecule has 0 bridgehead atoms. The maximum absolute atomic E-state index is 12.4. The number of aryl methyl sites for hydroxylation is 1. The fourth-order valence-corrected chi connectivity index (χ4v) is 2.63. The van der Waals surface area contributed by atoms with Crippen LogP contribution in [0.3, 0.4) is 0 Å². The number of likely N-dealkylation sites (tertiary alicyclic amines) is 1. The lowest BCUT2D eigenvalue weighted by Gasteiger charge is -2.29. The first kappa shape index (κ1) is 14.4. The summed E-state index contributed by atoms with van der Waals surface area (Å²) in [6, 6.07) is 5.31. The maximum Gasteiger partial charge on any atom is 0.306 e. The Bertz CT molecular complexity index is 695. The molecule has 1 aliphatic rings. The summed E-state index contributed by atoms with van der Waals surface area (Å²) < 4.78 is 5.49. The Labute approximate surface area is 126 Å². The van der Waals surface area contributed by atoms with E-state index in [1.165, 1.54) is 0 Å². The molecule has 1 saturated heterocycles. The third-order valence-electron chi connectivity index (χ3n) is 3.93. The summed E-state index contributed by atoms with van der Waals surface area (Å²) in [4.78, 5) is 25.0. The van der Waals surface area contributed by atoms with Crippen LogP contribution in [-0.4, -0.2) is 45.2 Å². The van der Waals surface area contributed by atoms with Crippen LogP contribution in [-0.2, 0) is 4.79 Å². The Hall–Kier alpha value is -2.57. The van der Waals surface area contributed by atoms with Gasteiger partial charge in [0.15, 0.2) is 11.5 Å². The van der Waals surface area contributed by atoms with E-state index in [2.05, 4.69) is 10.2 Å². The number of rotatable bonds is 3. The Kier molecular flexibility index (Phi) is 3.70. The number of piperidine rings is 1. The zero-order chi connectivity index (χ0) is 15.7. The number of hydrogen-bond donors (Lipinski definition) is 2. The van der Waals surface area contributed by atoms with Gasteiger partial charge in [0.25, 0.3) is 5.91 Å². The molecule has 0 aliphatic carbocycles. The number of hydrogen-bond acceptors (Lipinski definition) is 4. The summed E-state index contributed by atoms with van der Waals surface area (Å²) in [6.45, 7) is 2.73. The van der Waals surface area contributed by atoms with Crippen LogP contribution in [0.15, 0.2) is 22.6 Å². The number of aromatic nitrogens is 2. The van der Waals surface area contributed by atoms with E-state index in [1.54, 1.807) is 11.0 Å². The molecule has 116 valence electrons. The summed E-state index contributed by atoms with van der Waals surface area (Å²) in [5.74, 6) is 0.0868. The Morgan fingerprint density at radius 1 is 1.36 bits per heavy atom. The molecule has 1 aliphatic heterocycles. The minimum atomic E-state index is -0.789. The largest absolute Gasteiger partial charge is 0.481 e. The van der Waals surface area contributed by atoms with E-state index in [9.17, 15) is 9.59 Å². The van der Waals surface area contributed by atoms with Gasteiger partial charge < -0.3 is 14.4 Å². The second-order valence-corrected chi connectivity index (χ2v) is 5.48. The van der Waals surface area contributed by atoms with Crippen LogP contribution in [0.1, 0.15) is 29.1 Å². The van der Waals surface area contributed by atoms with E-state index in [1.807, 2.05) is 19.1 Å². The molecular weight excluding hydrogens is 286 g/mol. The molecule has 1 fully saturated rings. The van der Waals surface area contributed by atoms with Crippen molar-refractivity contribution in [1.29, 1.82) is 0 Å². The van der Waals surface area contributed by atoms with E-state index < -0.39 is 5.97 Å². The van der Waals surface area contributed by atoms with Gasteiger partial charge in [0.2, 0.25) is 0 Å². The smallest absolute Gasteiger partial charge is 0.306 e. The Morgan fingerprint density at radius 2 is 2.09 bits per heavy atom. The van der Waals surface area contributed by atoms with Gasteiger partial charge in [-0.1, -0.05) is 0 Å². The van der Waals surface area contributed by atoms with Gasteiger partial charge in [-0.3, -0.25) is 14.7 Å². The fraction of sp³-hybridized carbons (Fsp3) is 0.400. The summed E-state index contributed by atoms with van der Waals surface area (Å²) >= 11 is 0. The number of nitrogens with one attached hydrogen (secondary N) is 1. The Balaban J connectivity index is 1.69. The van der Waals surface area contributed by atoms with Crippen molar-refractivity contribution in [2.24, 2.45) is 5.92 Å². The van der Waals surface area contributed by atoms with Crippen LogP contribution < -0.4 is 0 Å². The third-order valence-corrected chi connectivity index (χ3v) is 3.93. The van der Waals surface area contributed by atoms with Crippen LogP contribution in [0.2, 0.25) is 0 Å². The number of nitrogens with zero attached hydrogens (tertiary/aromatic N) is 2. The van der Waals surface area contributed by atoms with Crippen molar-refractivity contribution in [3.8, 4) is 11.5 Å². The van der Waals surface area contributed by atoms with Crippen LogP contribution in [0.25, 0.3) is 11.5 Å². The van der Waals surface area contributed by atoms with Crippen molar-refractivity contribution >= 4 is 11.9 Å². The van der Waals surface area contributed by atoms with Crippen molar-refractivity contribution in [3.05, 3.63) is 29.7 Å². The average Bonchev–Trinajstić information content (AvgIpc) is 3.15. The van der Waals surface area contributed by atoms with Gasteiger partial charge in [0.05, 0.1) is 5.92 Å². The molecule has 0 atom stereocenters. The molecule has 2 N–H and O–H groups in total. The maximum atomic E-state index is 12.4. The van der Waals surface area contributed by atoms with Crippen molar-refractivity contribution in [2.45, 2.75) is 19.8 Å². The lowest BCUT2D eigenvalue weighted by molar-refractivity contribution is -0.143. The molecule has 1 amide bonds. The molecule has 0 radical (unpaired) electrons. The summed E-state index contributed by atoms with van der Waals surface area (Å²) in [5.41, 5.74) is 0.967. The van der Waals surface area contributed by atoms with E-state index in [0.717, 1.165) is 5.76 Å². The quantitative estimate of drug-likeness (QED) is 0.902. The predicted molar refractivity (Wildman–Crippen MR) is 77.3 cm³/mol. The molecule has 7 heteroatoms. The topological polar surface area (TPSA) is 99.4 Å². The first-order chi connectivity index (χ1) is 10.5. The Morgan fingerprint density at radius 3 is 2.68 bits per heavy atom. The molecule has 2 aromatic heterocycles. The number of carboxylic acids is 1. The molecular formula is C15H17N3O4. The number of H-pyrrole nitrogens is 1. The van der Waals surface area contributed by atoms with Crippen LogP contribution in [0.4, 0.5) is 0 Å². The van der Waals surface area contributed by atoms with Crippen LogP contribution >= 0.6 is 0 Å². The molecule has 0 saturated carbocycles. The minimum absolute atomic E-state index is 0.186. The highest BCUT2D eigenvalue weighted by molar-refractivity contribution is 5.93.